The third-order valence-corrected chi connectivity index (χ3v) is 4.95. The molecule has 0 saturated carbocycles. The zero-order valence-electron chi connectivity index (χ0n) is 15.3. The molecule has 3 N–H and O–H groups in total. The van der Waals surface area contributed by atoms with E-state index >= 15 is 0 Å². The molecule has 4 heteroatoms. The molecule has 0 bridgehead atoms. The minimum absolute atomic E-state index is 0. The Morgan fingerprint density at radius 3 is 2.36 bits per heavy atom. The normalized spacial score (nSPS) is 14.0. The number of fused-ring (bicyclic) bond motifs is 3. The summed E-state index contributed by atoms with van der Waals surface area (Å²) in [5, 5.41) is 12.9. The van der Waals surface area contributed by atoms with Crippen LogP contribution in [-0.4, -0.2) is 15.8 Å². The molecule has 0 amide bonds. The lowest BCUT2D eigenvalue weighted by Crippen LogP contribution is -2.26. The minimum Gasteiger partial charge on any atom is -0.391 e. The molecule has 0 aliphatic rings. The molecule has 0 spiro atoms. The van der Waals surface area contributed by atoms with Gasteiger partial charge in [0.2, 0.25) is 0 Å². The van der Waals surface area contributed by atoms with E-state index in [0.29, 0.717) is 5.92 Å². The van der Waals surface area contributed by atoms with Crippen molar-refractivity contribution in [3.63, 3.8) is 0 Å². The van der Waals surface area contributed by atoms with E-state index in [1.807, 2.05) is 0 Å². The average Bonchev–Trinajstić information content (AvgIpc) is 2.91. The Hall–Kier alpha value is -1.55. The molecule has 1 aromatic heterocycles. The van der Waals surface area contributed by atoms with E-state index in [1.54, 1.807) is 0 Å². The van der Waals surface area contributed by atoms with Crippen LogP contribution in [-0.2, 0) is 6.54 Å². The summed E-state index contributed by atoms with van der Waals surface area (Å²) in [5.74, 6) is 0.580. The van der Waals surface area contributed by atoms with Crippen LogP contribution in [0.4, 0.5) is 0 Å². The van der Waals surface area contributed by atoms with Crippen molar-refractivity contribution in [2.75, 3.05) is 0 Å². The third kappa shape index (κ3) is 3.84. The predicted octanol–water partition coefficient (Wildman–Crippen LogP) is 5.03. The highest BCUT2D eigenvalue weighted by Crippen LogP contribution is 2.31. The molecule has 3 aromatic rings. The molecule has 1 heterocycles. The van der Waals surface area contributed by atoms with Crippen LogP contribution in [0.1, 0.15) is 45.2 Å². The van der Waals surface area contributed by atoms with Gasteiger partial charge in [-0.2, -0.15) is 0 Å². The lowest BCUT2D eigenvalue weighted by molar-refractivity contribution is 0.128. The van der Waals surface area contributed by atoms with Crippen LogP contribution < -0.4 is 5.73 Å². The largest absolute Gasteiger partial charge is 0.391 e. The topological polar surface area (TPSA) is 51.2 Å². The molecule has 0 fully saturated rings. The fourth-order valence-corrected chi connectivity index (χ4v) is 3.53. The van der Waals surface area contributed by atoms with Crippen molar-refractivity contribution >= 4 is 34.2 Å². The molecule has 0 radical (unpaired) electrons. The highest BCUT2D eigenvalue weighted by atomic mass is 35.5. The number of para-hydroxylation sites is 1. The molecular formula is C21H29ClN2O. The number of halogens is 1. The monoisotopic (exact) mass is 360 g/mol. The summed E-state index contributed by atoms with van der Waals surface area (Å²) in [7, 11) is 0. The summed E-state index contributed by atoms with van der Waals surface area (Å²) in [6, 6.07) is 14.5. The fourth-order valence-electron chi connectivity index (χ4n) is 3.53. The van der Waals surface area contributed by atoms with Crippen molar-refractivity contribution in [1.82, 2.24) is 4.57 Å². The first-order chi connectivity index (χ1) is 11.5. The van der Waals surface area contributed by atoms with Gasteiger partial charge in [-0.3, -0.25) is 0 Å². The zero-order valence-corrected chi connectivity index (χ0v) is 16.1. The number of nitrogens with zero attached hydrogens (tertiary/aromatic N) is 1. The SMILES string of the molecule is CCn1c2ccccc2c2cc([C@H](N)[C@H](O)CCC(C)C)ccc21.Cl. The molecule has 2 atom stereocenters. The van der Waals surface area contributed by atoms with Gasteiger partial charge in [-0.15, -0.1) is 12.4 Å². The van der Waals surface area contributed by atoms with E-state index in [0.717, 1.165) is 24.9 Å². The molecule has 136 valence electrons. The van der Waals surface area contributed by atoms with Crippen LogP contribution in [0.2, 0.25) is 0 Å². The number of benzene rings is 2. The first-order valence-corrected chi connectivity index (χ1v) is 8.97. The van der Waals surface area contributed by atoms with Crippen molar-refractivity contribution < 1.29 is 5.11 Å². The molecular weight excluding hydrogens is 332 g/mol. The van der Waals surface area contributed by atoms with E-state index in [1.165, 1.54) is 21.8 Å². The molecule has 0 unspecified atom stereocenters. The third-order valence-electron chi connectivity index (χ3n) is 4.95. The number of aromatic nitrogens is 1. The van der Waals surface area contributed by atoms with Crippen molar-refractivity contribution in [2.24, 2.45) is 11.7 Å². The second-order valence-corrected chi connectivity index (χ2v) is 7.10. The number of hydrogen-bond donors (Lipinski definition) is 2. The summed E-state index contributed by atoms with van der Waals surface area (Å²) in [6.45, 7) is 7.45. The molecule has 25 heavy (non-hydrogen) atoms. The Balaban J connectivity index is 0.00000225. The second-order valence-electron chi connectivity index (χ2n) is 7.10. The van der Waals surface area contributed by atoms with Gasteiger partial charge in [-0.05, 0) is 49.4 Å². The summed E-state index contributed by atoms with van der Waals surface area (Å²) < 4.78 is 2.33. The number of rotatable bonds is 6. The van der Waals surface area contributed by atoms with Gasteiger partial charge in [0, 0.05) is 28.4 Å². The van der Waals surface area contributed by atoms with Crippen molar-refractivity contribution in [1.29, 1.82) is 0 Å². The first-order valence-electron chi connectivity index (χ1n) is 8.97. The van der Waals surface area contributed by atoms with Gasteiger partial charge in [-0.25, -0.2) is 0 Å². The molecule has 0 aliphatic carbocycles. The zero-order chi connectivity index (χ0) is 17.3. The molecule has 0 aliphatic heterocycles. The maximum absolute atomic E-state index is 10.4. The summed E-state index contributed by atoms with van der Waals surface area (Å²) in [4.78, 5) is 0. The lowest BCUT2D eigenvalue weighted by Gasteiger charge is -2.20. The Kier molecular flexibility index (Phi) is 6.50. The maximum Gasteiger partial charge on any atom is 0.0732 e. The molecule has 3 rings (SSSR count). The molecule has 2 aromatic carbocycles. The van der Waals surface area contributed by atoms with E-state index in [-0.39, 0.29) is 18.4 Å². The quantitative estimate of drug-likeness (QED) is 0.647. The maximum atomic E-state index is 10.4. The standard InChI is InChI=1S/C21H28N2O.ClH/c1-4-23-18-8-6-5-7-16(18)17-13-15(10-11-19(17)23)21(22)20(24)12-9-14(2)3;/h5-8,10-11,13-14,20-21,24H,4,9,12,22H2,1-3H3;1H/t20-,21+;/m1./s1. The van der Waals surface area contributed by atoms with Crippen LogP contribution in [0.3, 0.4) is 0 Å². The van der Waals surface area contributed by atoms with Gasteiger partial charge in [0.25, 0.3) is 0 Å². The van der Waals surface area contributed by atoms with Gasteiger partial charge in [-0.1, -0.05) is 38.1 Å². The van der Waals surface area contributed by atoms with Crippen molar-refractivity contribution in [3.05, 3.63) is 48.0 Å². The predicted molar refractivity (Wildman–Crippen MR) is 109 cm³/mol. The minimum atomic E-state index is -0.496. The highest BCUT2D eigenvalue weighted by molar-refractivity contribution is 6.08. The van der Waals surface area contributed by atoms with Gasteiger partial charge in [0.05, 0.1) is 12.1 Å². The van der Waals surface area contributed by atoms with Gasteiger partial charge in [0.1, 0.15) is 0 Å². The van der Waals surface area contributed by atoms with E-state index in [4.69, 9.17) is 5.73 Å². The van der Waals surface area contributed by atoms with E-state index < -0.39 is 6.10 Å². The Morgan fingerprint density at radius 2 is 1.68 bits per heavy atom. The van der Waals surface area contributed by atoms with Gasteiger partial charge < -0.3 is 15.4 Å². The van der Waals surface area contributed by atoms with Crippen LogP contribution >= 0.6 is 12.4 Å². The van der Waals surface area contributed by atoms with Gasteiger partial charge in [0.15, 0.2) is 0 Å². The van der Waals surface area contributed by atoms with Crippen molar-refractivity contribution in [2.45, 2.75) is 52.3 Å². The summed E-state index contributed by atoms with van der Waals surface area (Å²) >= 11 is 0. The van der Waals surface area contributed by atoms with E-state index in [9.17, 15) is 5.11 Å². The lowest BCUT2D eigenvalue weighted by atomic mass is 9.95. The Labute approximate surface area is 156 Å². The fraction of sp³-hybridized carbons (Fsp3) is 0.429. The number of aliphatic hydroxyl groups excluding tert-OH is 1. The Morgan fingerprint density at radius 1 is 1.00 bits per heavy atom. The number of aliphatic hydroxyl groups is 1. The number of hydrogen-bond acceptors (Lipinski definition) is 2. The van der Waals surface area contributed by atoms with Crippen LogP contribution in [0.25, 0.3) is 21.8 Å². The number of nitrogens with two attached hydrogens (primary N) is 1. The first kappa shape index (κ1) is 19.8. The summed E-state index contributed by atoms with van der Waals surface area (Å²) in [5.41, 5.74) is 9.83. The van der Waals surface area contributed by atoms with Crippen LogP contribution in [0.15, 0.2) is 42.5 Å². The van der Waals surface area contributed by atoms with Crippen molar-refractivity contribution in [3.8, 4) is 0 Å². The number of aryl methyl sites for hydroxylation is 1. The van der Waals surface area contributed by atoms with Crippen LogP contribution in [0, 0.1) is 5.92 Å². The van der Waals surface area contributed by atoms with Gasteiger partial charge >= 0.3 is 0 Å². The smallest absolute Gasteiger partial charge is 0.0732 e. The average molecular weight is 361 g/mol. The van der Waals surface area contributed by atoms with Crippen LogP contribution in [0.5, 0.6) is 0 Å². The van der Waals surface area contributed by atoms with E-state index in [2.05, 4.69) is 67.8 Å². The Bertz CT molecular complexity index is 840. The molecule has 0 saturated heterocycles. The highest BCUT2D eigenvalue weighted by Gasteiger charge is 2.19. The molecule has 3 nitrogen and oxygen atoms in total. The summed E-state index contributed by atoms with van der Waals surface area (Å²) in [6.07, 6.45) is 1.24. The second kappa shape index (κ2) is 8.22.